The summed E-state index contributed by atoms with van der Waals surface area (Å²) in [4.78, 5) is 11.1. The van der Waals surface area contributed by atoms with Gasteiger partial charge in [-0.3, -0.25) is 4.79 Å². The minimum Gasteiger partial charge on any atom is -0.480 e. The van der Waals surface area contributed by atoms with Crippen molar-refractivity contribution in [2.45, 2.75) is 12.5 Å². The molecule has 3 aromatic rings. The first-order valence-corrected chi connectivity index (χ1v) is 8.22. The Balaban J connectivity index is 2.05. The SMILES string of the molecule is NC(Cc1cn(-c2ccc(Br)cc2)nc1-c1ccccc1)C(=O)O. The maximum atomic E-state index is 11.1. The van der Waals surface area contributed by atoms with Crippen molar-refractivity contribution < 1.29 is 9.90 Å². The second kappa shape index (κ2) is 6.98. The number of carboxylic acid groups (broad SMARTS) is 1. The predicted octanol–water partition coefficient (Wildman–Crippen LogP) is 3.26. The number of carboxylic acids is 1. The zero-order chi connectivity index (χ0) is 17.1. The van der Waals surface area contributed by atoms with Crippen molar-refractivity contribution in [2.24, 2.45) is 5.73 Å². The van der Waals surface area contributed by atoms with E-state index in [0.717, 1.165) is 27.0 Å². The number of carbonyl (C=O) groups is 1. The van der Waals surface area contributed by atoms with Gasteiger partial charge in [0.2, 0.25) is 0 Å². The lowest BCUT2D eigenvalue weighted by Gasteiger charge is -2.06. The molecule has 6 heteroatoms. The molecular weight excluding hydrogens is 370 g/mol. The molecule has 0 aliphatic carbocycles. The molecule has 1 unspecified atom stereocenters. The molecule has 0 fully saturated rings. The van der Waals surface area contributed by atoms with Crippen LogP contribution in [0.4, 0.5) is 0 Å². The molecule has 0 aliphatic heterocycles. The van der Waals surface area contributed by atoms with Crippen LogP contribution in [0.5, 0.6) is 0 Å². The number of rotatable bonds is 5. The Labute approximate surface area is 147 Å². The molecule has 1 atom stereocenters. The van der Waals surface area contributed by atoms with Gasteiger partial charge in [-0.2, -0.15) is 5.10 Å². The number of benzene rings is 2. The van der Waals surface area contributed by atoms with E-state index < -0.39 is 12.0 Å². The van der Waals surface area contributed by atoms with E-state index in [1.807, 2.05) is 60.8 Å². The maximum absolute atomic E-state index is 11.1. The molecule has 1 aromatic heterocycles. The summed E-state index contributed by atoms with van der Waals surface area (Å²) in [6.45, 7) is 0. The molecule has 3 rings (SSSR count). The minimum atomic E-state index is -1.02. The van der Waals surface area contributed by atoms with Gasteiger partial charge in [0.05, 0.1) is 11.4 Å². The first-order valence-electron chi connectivity index (χ1n) is 7.43. The summed E-state index contributed by atoms with van der Waals surface area (Å²) in [6.07, 6.45) is 2.06. The fourth-order valence-electron chi connectivity index (χ4n) is 2.45. The third-order valence-corrected chi connectivity index (χ3v) is 4.21. The molecule has 2 aromatic carbocycles. The van der Waals surface area contributed by atoms with E-state index in [-0.39, 0.29) is 6.42 Å². The molecule has 0 radical (unpaired) electrons. The number of aromatic nitrogens is 2. The highest BCUT2D eigenvalue weighted by Gasteiger charge is 2.18. The zero-order valence-electron chi connectivity index (χ0n) is 12.8. The summed E-state index contributed by atoms with van der Waals surface area (Å²) in [5, 5.41) is 13.7. The monoisotopic (exact) mass is 385 g/mol. The van der Waals surface area contributed by atoms with Crippen LogP contribution in [0.1, 0.15) is 5.56 Å². The summed E-state index contributed by atoms with van der Waals surface area (Å²) < 4.78 is 2.73. The Bertz CT molecular complexity index is 844. The summed E-state index contributed by atoms with van der Waals surface area (Å²) in [5.41, 5.74) is 9.10. The van der Waals surface area contributed by atoms with Gasteiger partial charge in [0, 0.05) is 28.2 Å². The smallest absolute Gasteiger partial charge is 0.320 e. The fraction of sp³-hybridized carbons (Fsp3) is 0.111. The highest BCUT2D eigenvalue weighted by atomic mass is 79.9. The maximum Gasteiger partial charge on any atom is 0.320 e. The minimum absolute atomic E-state index is 0.218. The van der Waals surface area contributed by atoms with Gasteiger partial charge in [0.25, 0.3) is 0 Å². The molecule has 122 valence electrons. The first-order chi connectivity index (χ1) is 11.5. The summed E-state index contributed by atoms with van der Waals surface area (Å²) in [5.74, 6) is -1.02. The van der Waals surface area contributed by atoms with Crippen molar-refractivity contribution in [3.8, 4) is 16.9 Å². The Kier molecular flexibility index (Phi) is 4.78. The molecule has 24 heavy (non-hydrogen) atoms. The van der Waals surface area contributed by atoms with E-state index in [1.54, 1.807) is 4.68 Å². The van der Waals surface area contributed by atoms with Gasteiger partial charge in [0.15, 0.2) is 0 Å². The Morgan fingerprint density at radius 1 is 1.17 bits per heavy atom. The van der Waals surface area contributed by atoms with Gasteiger partial charge in [0.1, 0.15) is 6.04 Å². The van der Waals surface area contributed by atoms with Crippen LogP contribution in [0.2, 0.25) is 0 Å². The van der Waals surface area contributed by atoms with Gasteiger partial charge in [-0.15, -0.1) is 0 Å². The van der Waals surface area contributed by atoms with Gasteiger partial charge in [-0.1, -0.05) is 46.3 Å². The Hall–Kier alpha value is -2.44. The lowest BCUT2D eigenvalue weighted by atomic mass is 10.0. The standard InChI is InChI=1S/C18H16BrN3O2/c19-14-6-8-15(9-7-14)22-11-13(10-16(20)18(23)24)17(21-22)12-4-2-1-3-5-12/h1-9,11,16H,10,20H2,(H,23,24). The van der Waals surface area contributed by atoms with Crippen molar-refractivity contribution in [3.63, 3.8) is 0 Å². The quantitative estimate of drug-likeness (QED) is 0.706. The van der Waals surface area contributed by atoms with Crippen molar-refractivity contribution in [1.82, 2.24) is 9.78 Å². The van der Waals surface area contributed by atoms with Crippen LogP contribution < -0.4 is 5.73 Å². The molecule has 0 bridgehead atoms. The number of nitrogens with zero attached hydrogens (tertiary/aromatic N) is 2. The molecule has 0 amide bonds. The second-order valence-corrected chi connectivity index (χ2v) is 6.35. The summed E-state index contributed by atoms with van der Waals surface area (Å²) in [7, 11) is 0. The van der Waals surface area contributed by atoms with Crippen molar-refractivity contribution in [3.05, 3.63) is 70.8 Å². The lowest BCUT2D eigenvalue weighted by Crippen LogP contribution is -2.32. The van der Waals surface area contributed by atoms with Crippen LogP contribution in [-0.2, 0) is 11.2 Å². The zero-order valence-corrected chi connectivity index (χ0v) is 14.3. The average Bonchev–Trinajstić information content (AvgIpc) is 3.00. The van der Waals surface area contributed by atoms with Gasteiger partial charge >= 0.3 is 5.97 Å². The van der Waals surface area contributed by atoms with E-state index in [4.69, 9.17) is 10.8 Å². The van der Waals surface area contributed by atoms with Crippen LogP contribution in [-0.4, -0.2) is 26.9 Å². The van der Waals surface area contributed by atoms with Gasteiger partial charge in [-0.25, -0.2) is 4.68 Å². The molecule has 0 saturated carbocycles. The topological polar surface area (TPSA) is 81.1 Å². The number of hydrogen-bond acceptors (Lipinski definition) is 3. The number of aliphatic carboxylic acids is 1. The Morgan fingerprint density at radius 3 is 2.46 bits per heavy atom. The lowest BCUT2D eigenvalue weighted by molar-refractivity contribution is -0.138. The van der Waals surface area contributed by atoms with E-state index in [2.05, 4.69) is 21.0 Å². The normalized spacial score (nSPS) is 12.1. The van der Waals surface area contributed by atoms with E-state index in [1.165, 1.54) is 0 Å². The molecule has 1 heterocycles. The van der Waals surface area contributed by atoms with E-state index >= 15 is 0 Å². The van der Waals surface area contributed by atoms with Crippen molar-refractivity contribution >= 4 is 21.9 Å². The number of halogens is 1. The Morgan fingerprint density at radius 2 is 1.83 bits per heavy atom. The summed E-state index contributed by atoms with van der Waals surface area (Å²) >= 11 is 3.41. The highest BCUT2D eigenvalue weighted by Crippen LogP contribution is 2.25. The van der Waals surface area contributed by atoms with Crippen LogP contribution in [0.15, 0.2) is 65.3 Å². The third-order valence-electron chi connectivity index (χ3n) is 3.69. The molecule has 0 saturated heterocycles. The van der Waals surface area contributed by atoms with Gasteiger partial charge in [-0.05, 0) is 24.3 Å². The summed E-state index contributed by atoms with van der Waals surface area (Å²) in [6, 6.07) is 16.5. The second-order valence-electron chi connectivity index (χ2n) is 5.44. The highest BCUT2D eigenvalue weighted by molar-refractivity contribution is 9.10. The van der Waals surface area contributed by atoms with Crippen LogP contribution in [0.25, 0.3) is 16.9 Å². The number of hydrogen-bond donors (Lipinski definition) is 2. The fourth-order valence-corrected chi connectivity index (χ4v) is 2.71. The number of nitrogens with two attached hydrogens (primary N) is 1. The molecule has 0 aliphatic rings. The van der Waals surface area contributed by atoms with E-state index in [9.17, 15) is 4.79 Å². The van der Waals surface area contributed by atoms with Crippen LogP contribution >= 0.6 is 15.9 Å². The molecule has 5 nitrogen and oxygen atoms in total. The molecular formula is C18H16BrN3O2. The van der Waals surface area contributed by atoms with Crippen LogP contribution in [0.3, 0.4) is 0 Å². The third kappa shape index (κ3) is 3.55. The van der Waals surface area contributed by atoms with Crippen LogP contribution in [0, 0.1) is 0 Å². The van der Waals surface area contributed by atoms with Gasteiger partial charge < -0.3 is 10.8 Å². The van der Waals surface area contributed by atoms with Crippen molar-refractivity contribution in [2.75, 3.05) is 0 Å². The molecule has 0 spiro atoms. The average molecular weight is 386 g/mol. The largest absolute Gasteiger partial charge is 0.480 e. The van der Waals surface area contributed by atoms with E-state index in [0.29, 0.717) is 0 Å². The van der Waals surface area contributed by atoms with Crippen molar-refractivity contribution in [1.29, 1.82) is 0 Å². The first kappa shape index (κ1) is 16.4. The predicted molar refractivity (Wildman–Crippen MR) is 96.0 cm³/mol. The molecule has 3 N–H and O–H groups in total.